The minimum Gasteiger partial charge on any atom is -0.362 e. The summed E-state index contributed by atoms with van der Waals surface area (Å²) in [5, 5.41) is 6.36. The molecule has 0 radical (unpaired) electrons. The van der Waals surface area contributed by atoms with E-state index < -0.39 is 0 Å². The van der Waals surface area contributed by atoms with Crippen LogP contribution in [0.15, 0.2) is 5.38 Å². The Morgan fingerprint density at radius 3 is 2.29 bits per heavy atom. The van der Waals surface area contributed by atoms with Crippen molar-refractivity contribution in [2.24, 2.45) is 0 Å². The van der Waals surface area contributed by atoms with E-state index in [2.05, 4.69) is 43.4 Å². The zero-order valence-electron chi connectivity index (χ0n) is 10.1. The molecule has 0 fully saturated rings. The first-order chi connectivity index (χ1) is 6.54. The third-order valence-electron chi connectivity index (χ3n) is 1.60. The largest absolute Gasteiger partial charge is 0.362 e. The third-order valence-corrected chi connectivity index (χ3v) is 2.40. The van der Waals surface area contributed by atoms with E-state index in [1.165, 1.54) is 5.69 Å². The molecule has 0 aromatic carbocycles. The van der Waals surface area contributed by atoms with Gasteiger partial charge < -0.3 is 5.32 Å². The Kier molecular flexibility index (Phi) is 5.77. The fourth-order valence-electron chi connectivity index (χ4n) is 0.851. The number of hydrogen-bond acceptors (Lipinski definition) is 3. The summed E-state index contributed by atoms with van der Waals surface area (Å²) in [5.41, 5.74) is 1.34. The van der Waals surface area contributed by atoms with Crippen LogP contribution in [-0.2, 0) is 5.41 Å². The van der Waals surface area contributed by atoms with Gasteiger partial charge >= 0.3 is 0 Å². The van der Waals surface area contributed by atoms with Crippen molar-refractivity contribution in [1.29, 1.82) is 0 Å². The van der Waals surface area contributed by atoms with Crippen LogP contribution in [0, 0.1) is 0 Å². The second kappa shape index (κ2) is 6.02. The van der Waals surface area contributed by atoms with Gasteiger partial charge in [0.2, 0.25) is 0 Å². The Bertz CT molecular complexity index is 248. The molecular formula is C11H22N2S. The minimum absolute atomic E-state index is 0.171. The maximum absolute atomic E-state index is 4.48. The molecule has 0 aliphatic carbocycles. The lowest BCUT2D eigenvalue weighted by Crippen LogP contribution is -2.11. The van der Waals surface area contributed by atoms with Crippen molar-refractivity contribution in [3.63, 3.8) is 0 Å². The van der Waals surface area contributed by atoms with Gasteiger partial charge in [-0.15, -0.1) is 11.3 Å². The van der Waals surface area contributed by atoms with Crippen molar-refractivity contribution >= 4 is 16.5 Å². The molecule has 0 aliphatic rings. The average Bonchev–Trinajstić information content (AvgIpc) is 2.56. The Morgan fingerprint density at radius 2 is 1.93 bits per heavy atom. The topological polar surface area (TPSA) is 24.9 Å². The number of hydrogen-bond donors (Lipinski definition) is 1. The zero-order valence-corrected chi connectivity index (χ0v) is 11.0. The summed E-state index contributed by atoms with van der Waals surface area (Å²) in [4.78, 5) is 4.48. The molecule has 1 aromatic heterocycles. The first-order valence-corrected chi connectivity index (χ1v) is 6.12. The number of thiazole rings is 1. The van der Waals surface area contributed by atoms with Crippen molar-refractivity contribution in [3.05, 3.63) is 11.1 Å². The lowest BCUT2D eigenvalue weighted by molar-refractivity contribution is 0.573. The van der Waals surface area contributed by atoms with E-state index in [1.807, 2.05) is 13.8 Å². The van der Waals surface area contributed by atoms with Gasteiger partial charge in [0.05, 0.1) is 5.69 Å². The van der Waals surface area contributed by atoms with Crippen molar-refractivity contribution < 1.29 is 0 Å². The van der Waals surface area contributed by atoms with Crippen molar-refractivity contribution in [2.45, 2.75) is 47.0 Å². The van der Waals surface area contributed by atoms with E-state index in [0.717, 1.165) is 11.7 Å². The van der Waals surface area contributed by atoms with Crippen LogP contribution in [0.5, 0.6) is 0 Å². The molecule has 0 aliphatic heterocycles. The lowest BCUT2D eigenvalue weighted by Gasteiger charge is -2.14. The van der Waals surface area contributed by atoms with E-state index in [1.54, 1.807) is 11.3 Å². The molecule has 1 N–H and O–H groups in total. The van der Waals surface area contributed by atoms with Gasteiger partial charge in [0.15, 0.2) is 5.13 Å². The van der Waals surface area contributed by atoms with Crippen molar-refractivity contribution in [3.8, 4) is 0 Å². The smallest absolute Gasteiger partial charge is 0.182 e. The fourth-order valence-corrected chi connectivity index (χ4v) is 1.86. The van der Waals surface area contributed by atoms with Crippen LogP contribution < -0.4 is 5.32 Å². The second-order valence-electron chi connectivity index (χ2n) is 3.82. The van der Waals surface area contributed by atoms with Crippen molar-refractivity contribution in [1.82, 2.24) is 4.98 Å². The summed E-state index contributed by atoms with van der Waals surface area (Å²) in [5.74, 6) is 0. The van der Waals surface area contributed by atoms with Crippen LogP contribution in [0.3, 0.4) is 0 Å². The van der Waals surface area contributed by atoms with Crippen LogP contribution >= 0.6 is 11.3 Å². The molecule has 14 heavy (non-hydrogen) atoms. The molecule has 1 heterocycles. The number of nitrogens with zero attached hydrogens (tertiary/aromatic N) is 1. The summed E-state index contributed by atoms with van der Waals surface area (Å²) in [7, 11) is 0. The Morgan fingerprint density at radius 1 is 1.36 bits per heavy atom. The monoisotopic (exact) mass is 214 g/mol. The standard InChI is InChI=1S/C9H16N2S.C2H6/c1-5-10-8-11-7(6-12-8)9(2,3)4;1-2/h6H,5H2,1-4H3,(H,10,11);1-2H3. The van der Waals surface area contributed by atoms with Crippen LogP contribution in [-0.4, -0.2) is 11.5 Å². The Balaban J connectivity index is 0.000000791. The van der Waals surface area contributed by atoms with Gasteiger partial charge in [-0.3, -0.25) is 0 Å². The number of anilines is 1. The van der Waals surface area contributed by atoms with Crippen LogP contribution in [0.4, 0.5) is 5.13 Å². The quantitative estimate of drug-likeness (QED) is 0.807. The number of nitrogens with one attached hydrogen (secondary N) is 1. The highest BCUT2D eigenvalue weighted by molar-refractivity contribution is 7.13. The van der Waals surface area contributed by atoms with Crippen LogP contribution in [0.25, 0.3) is 0 Å². The maximum atomic E-state index is 4.48. The maximum Gasteiger partial charge on any atom is 0.182 e. The molecular weight excluding hydrogens is 192 g/mol. The molecule has 1 rings (SSSR count). The predicted octanol–water partition coefficient (Wildman–Crippen LogP) is 3.90. The van der Waals surface area contributed by atoms with Crippen LogP contribution in [0.1, 0.15) is 47.2 Å². The Hall–Kier alpha value is -0.570. The van der Waals surface area contributed by atoms with Crippen molar-refractivity contribution in [2.75, 3.05) is 11.9 Å². The first-order valence-electron chi connectivity index (χ1n) is 5.24. The third kappa shape index (κ3) is 4.09. The van der Waals surface area contributed by atoms with Gasteiger partial charge in [-0.1, -0.05) is 34.6 Å². The normalized spacial score (nSPS) is 10.4. The summed E-state index contributed by atoms with van der Waals surface area (Å²) < 4.78 is 0. The van der Waals surface area contributed by atoms with Gasteiger partial charge in [-0.2, -0.15) is 0 Å². The number of aromatic nitrogens is 1. The SMILES string of the molecule is CC.CCNc1nc(C(C)(C)C)cs1. The van der Waals surface area contributed by atoms with E-state index in [-0.39, 0.29) is 5.41 Å². The highest BCUT2D eigenvalue weighted by Gasteiger charge is 2.16. The van der Waals surface area contributed by atoms with E-state index in [9.17, 15) is 0 Å². The minimum atomic E-state index is 0.171. The number of rotatable bonds is 2. The average molecular weight is 214 g/mol. The summed E-state index contributed by atoms with van der Waals surface area (Å²) in [6.07, 6.45) is 0. The van der Waals surface area contributed by atoms with Gasteiger partial charge in [-0.25, -0.2) is 4.98 Å². The summed E-state index contributed by atoms with van der Waals surface area (Å²) >= 11 is 1.68. The molecule has 2 nitrogen and oxygen atoms in total. The molecule has 0 unspecified atom stereocenters. The molecule has 0 spiro atoms. The highest BCUT2D eigenvalue weighted by Crippen LogP contribution is 2.25. The van der Waals surface area contributed by atoms with Gasteiger partial charge in [0, 0.05) is 17.3 Å². The Labute approximate surface area is 91.8 Å². The summed E-state index contributed by atoms with van der Waals surface area (Å²) in [6, 6.07) is 0. The van der Waals surface area contributed by atoms with Gasteiger partial charge in [0.1, 0.15) is 0 Å². The molecule has 1 aromatic rings. The highest BCUT2D eigenvalue weighted by atomic mass is 32.1. The van der Waals surface area contributed by atoms with Crippen LogP contribution in [0.2, 0.25) is 0 Å². The first kappa shape index (κ1) is 13.4. The van der Waals surface area contributed by atoms with E-state index in [0.29, 0.717) is 0 Å². The molecule has 0 saturated heterocycles. The van der Waals surface area contributed by atoms with Gasteiger partial charge in [-0.05, 0) is 6.92 Å². The lowest BCUT2D eigenvalue weighted by atomic mass is 9.93. The molecule has 3 heteroatoms. The van der Waals surface area contributed by atoms with Gasteiger partial charge in [0.25, 0.3) is 0 Å². The summed E-state index contributed by atoms with van der Waals surface area (Å²) in [6.45, 7) is 13.6. The predicted molar refractivity (Wildman–Crippen MR) is 66.3 cm³/mol. The van der Waals surface area contributed by atoms with E-state index in [4.69, 9.17) is 0 Å². The molecule has 0 saturated carbocycles. The fraction of sp³-hybridized carbons (Fsp3) is 0.727. The zero-order chi connectivity index (χ0) is 11.2. The van der Waals surface area contributed by atoms with E-state index >= 15 is 0 Å². The molecule has 0 atom stereocenters. The second-order valence-corrected chi connectivity index (χ2v) is 4.68. The molecule has 0 amide bonds. The molecule has 0 bridgehead atoms. The molecule has 82 valence electrons.